The molecule has 3 unspecified atom stereocenters. The second-order valence-corrected chi connectivity index (χ2v) is 12.7. The molecule has 0 amide bonds. The van der Waals surface area contributed by atoms with Crippen molar-refractivity contribution >= 4 is 11.9 Å². The maximum absolute atomic E-state index is 12.4. The molecule has 0 saturated heterocycles. The van der Waals surface area contributed by atoms with Crippen molar-refractivity contribution in [3.05, 3.63) is 0 Å². The molecule has 0 aliphatic heterocycles. The number of aliphatic hydroxyl groups is 1. The first kappa shape index (κ1) is 27.1. The molecule has 5 nitrogen and oxygen atoms in total. The Morgan fingerprint density at radius 1 is 0.906 bits per heavy atom. The monoisotopic (exact) mass is 452 g/mol. The van der Waals surface area contributed by atoms with Crippen molar-refractivity contribution in [2.24, 2.45) is 22.2 Å². The molecule has 32 heavy (non-hydrogen) atoms. The third kappa shape index (κ3) is 7.74. The van der Waals surface area contributed by atoms with E-state index in [1.54, 1.807) is 0 Å². The number of unbranched alkanes of at least 4 members (excludes halogenated alkanes) is 4. The van der Waals surface area contributed by atoms with Crippen LogP contribution in [0, 0.1) is 22.2 Å². The third-order valence-electron chi connectivity index (χ3n) is 7.58. The first-order valence-corrected chi connectivity index (χ1v) is 12.9. The Kier molecular flexibility index (Phi) is 8.86. The topological polar surface area (TPSA) is 83.8 Å². The van der Waals surface area contributed by atoms with E-state index in [1.807, 2.05) is 20.8 Å². The minimum atomic E-state index is -0.628. The van der Waals surface area contributed by atoms with Gasteiger partial charge in [-0.1, -0.05) is 59.3 Å². The molecule has 2 fully saturated rings. The maximum atomic E-state index is 12.4. The molecule has 2 aliphatic rings. The fourth-order valence-electron chi connectivity index (χ4n) is 5.32. The first-order chi connectivity index (χ1) is 14.7. The molecule has 0 aromatic rings. The molecule has 0 heterocycles. The van der Waals surface area contributed by atoms with Crippen LogP contribution in [0.1, 0.15) is 125 Å². The van der Waals surface area contributed by atoms with Crippen molar-refractivity contribution in [2.75, 3.05) is 0 Å². The van der Waals surface area contributed by atoms with Crippen LogP contribution in [-0.4, -0.2) is 33.9 Å². The van der Waals surface area contributed by atoms with Crippen LogP contribution in [-0.2, 0) is 14.3 Å². The number of aliphatic hydroxyl groups excluding tert-OH is 1. The van der Waals surface area contributed by atoms with E-state index in [0.29, 0.717) is 0 Å². The molecule has 0 aromatic heterocycles. The van der Waals surface area contributed by atoms with E-state index < -0.39 is 17.0 Å². The maximum Gasteiger partial charge on any atom is 0.312 e. The third-order valence-corrected chi connectivity index (χ3v) is 7.58. The van der Waals surface area contributed by atoms with Crippen molar-refractivity contribution in [3.8, 4) is 0 Å². The van der Waals surface area contributed by atoms with Gasteiger partial charge in [0.2, 0.25) is 0 Å². The number of hydrogen-bond acceptors (Lipinski definition) is 4. The zero-order valence-electron chi connectivity index (χ0n) is 21.5. The van der Waals surface area contributed by atoms with Gasteiger partial charge in [0.1, 0.15) is 5.60 Å². The summed E-state index contributed by atoms with van der Waals surface area (Å²) < 4.78 is 5.57. The molecule has 0 radical (unpaired) electrons. The Bertz CT molecular complexity index is 637. The molecule has 2 N–H and O–H groups in total. The molecule has 0 aromatic carbocycles. The second-order valence-electron chi connectivity index (χ2n) is 12.7. The summed E-state index contributed by atoms with van der Waals surface area (Å²) in [6.45, 7) is 12.2. The summed E-state index contributed by atoms with van der Waals surface area (Å²) >= 11 is 0. The SMILES string of the molecule is CC(C)(C)OC(=O)C1(CCCCCC(O)CCCCCC2(C(=O)O)CC2C(C)(C)C)CC1. The van der Waals surface area contributed by atoms with E-state index in [0.717, 1.165) is 83.5 Å². The summed E-state index contributed by atoms with van der Waals surface area (Å²) in [6.07, 6.45) is 11.6. The van der Waals surface area contributed by atoms with E-state index in [9.17, 15) is 19.8 Å². The molecule has 186 valence electrons. The number of carbonyl (C=O) groups is 2. The fraction of sp³-hybridized carbons (Fsp3) is 0.926. The van der Waals surface area contributed by atoms with Crippen LogP contribution in [0.25, 0.3) is 0 Å². The largest absolute Gasteiger partial charge is 0.481 e. The van der Waals surface area contributed by atoms with Crippen LogP contribution in [0.5, 0.6) is 0 Å². The summed E-state index contributed by atoms with van der Waals surface area (Å²) in [5.41, 5.74) is -1.10. The predicted molar refractivity (Wildman–Crippen MR) is 127 cm³/mol. The average molecular weight is 453 g/mol. The molecule has 0 spiro atoms. The molecular formula is C27H48O5. The number of aliphatic carboxylic acids is 1. The van der Waals surface area contributed by atoms with Gasteiger partial charge in [-0.05, 0) is 77.0 Å². The number of carboxylic acids is 1. The molecule has 2 rings (SSSR count). The van der Waals surface area contributed by atoms with Crippen molar-refractivity contribution < 1.29 is 24.5 Å². The van der Waals surface area contributed by atoms with E-state index in [1.165, 1.54) is 0 Å². The number of rotatable bonds is 14. The Labute approximate surface area is 195 Å². The molecule has 0 bridgehead atoms. The van der Waals surface area contributed by atoms with Crippen LogP contribution in [0.3, 0.4) is 0 Å². The fourth-order valence-corrected chi connectivity index (χ4v) is 5.32. The van der Waals surface area contributed by atoms with E-state index in [2.05, 4.69) is 20.8 Å². The highest BCUT2D eigenvalue weighted by molar-refractivity contribution is 5.80. The average Bonchev–Trinajstić information content (AvgIpc) is 3.54. The number of carboxylic acid groups (broad SMARTS) is 1. The van der Waals surface area contributed by atoms with E-state index in [-0.39, 0.29) is 28.8 Å². The minimum Gasteiger partial charge on any atom is -0.481 e. The van der Waals surface area contributed by atoms with Crippen LogP contribution < -0.4 is 0 Å². The Morgan fingerprint density at radius 3 is 1.84 bits per heavy atom. The minimum absolute atomic E-state index is 0.0327. The lowest BCUT2D eigenvalue weighted by Crippen LogP contribution is -2.29. The van der Waals surface area contributed by atoms with Gasteiger partial charge in [-0.15, -0.1) is 0 Å². The highest BCUT2D eigenvalue weighted by Crippen LogP contribution is 2.63. The Balaban J connectivity index is 1.52. The van der Waals surface area contributed by atoms with Gasteiger partial charge >= 0.3 is 11.9 Å². The number of hydrogen-bond donors (Lipinski definition) is 2. The number of esters is 1. The van der Waals surface area contributed by atoms with Crippen molar-refractivity contribution in [2.45, 2.75) is 137 Å². The van der Waals surface area contributed by atoms with Gasteiger partial charge in [0, 0.05) is 0 Å². The van der Waals surface area contributed by atoms with E-state index in [4.69, 9.17) is 4.74 Å². The lowest BCUT2D eigenvalue weighted by Gasteiger charge is -2.23. The summed E-state index contributed by atoms with van der Waals surface area (Å²) in [6, 6.07) is 0. The summed E-state index contributed by atoms with van der Waals surface area (Å²) in [7, 11) is 0. The number of carbonyl (C=O) groups excluding carboxylic acids is 1. The lowest BCUT2D eigenvalue weighted by atomic mass is 9.82. The quantitative estimate of drug-likeness (QED) is 0.232. The van der Waals surface area contributed by atoms with Crippen molar-refractivity contribution in [1.82, 2.24) is 0 Å². The van der Waals surface area contributed by atoms with Gasteiger partial charge in [-0.25, -0.2) is 0 Å². The smallest absolute Gasteiger partial charge is 0.312 e. The van der Waals surface area contributed by atoms with Crippen LogP contribution in [0.4, 0.5) is 0 Å². The Morgan fingerprint density at radius 2 is 1.44 bits per heavy atom. The van der Waals surface area contributed by atoms with Gasteiger partial charge in [0.05, 0.1) is 16.9 Å². The Hall–Kier alpha value is -1.10. The van der Waals surface area contributed by atoms with Crippen LogP contribution in [0.2, 0.25) is 0 Å². The predicted octanol–water partition coefficient (Wildman–Crippen LogP) is 6.51. The van der Waals surface area contributed by atoms with Crippen molar-refractivity contribution in [3.63, 3.8) is 0 Å². The molecule has 3 atom stereocenters. The first-order valence-electron chi connectivity index (χ1n) is 12.9. The highest BCUT2D eigenvalue weighted by atomic mass is 16.6. The van der Waals surface area contributed by atoms with Crippen LogP contribution in [0.15, 0.2) is 0 Å². The summed E-state index contributed by atoms with van der Waals surface area (Å²) in [4.78, 5) is 24.1. The van der Waals surface area contributed by atoms with Crippen molar-refractivity contribution in [1.29, 1.82) is 0 Å². The number of ether oxygens (including phenoxy) is 1. The standard InChI is InChI=1S/C27H48O5/c1-24(2,3)21-19-27(21,22(29)30)16-12-8-10-14-20(28)13-9-7-11-15-26(17-18-26)23(31)32-25(4,5)6/h20-21,28H,7-19H2,1-6H3,(H,29,30). The van der Waals surface area contributed by atoms with Gasteiger partial charge < -0.3 is 14.9 Å². The zero-order valence-corrected chi connectivity index (χ0v) is 21.5. The molecule has 2 saturated carbocycles. The van der Waals surface area contributed by atoms with Gasteiger partial charge in [0.25, 0.3) is 0 Å². The lowest BCUT2D eigenvalue weighted by molar-refractivity contribution is -0.162. The van der Waals surface area contributed by atoms with Gasteiger partial charge in [-0.3, -0.25) is 9.59 Å². The van der Waals surface area contributed by atoms with Gasteiger partial charge in [-0.2, -0.15) is 0 Å². The highest BCUT2D eigenvalue weighted by Gasteiger charge is 2.63. The zero-order chi connectivity index (χ0) is 24.2. The second kappa shape index (κ2) is 10.4. The molecule has 5 heteroatoms. The summed E-state index contributed by atoms with van der Waals surface area (Å²) in [5, 5.41) is 20.0. The van der Waals surface area contributed by atoms with E-state index >= 15 is 0 Å². The normalized spacial score (nSPS) is 25.3. The van der Waals surface area contributed by atoms with Crippen LogP contribution >= 0.6 is 0 Å². The molecule has 2 aliphatic carbocycles. The van der Waals surface area contributed by atoms with Gasteiger partial charge in [0.15, 0.2) is 0 Å². The summed E-state index contributed by atoms with van der Waals surface area (Å²) in [5.74, 6) is -0.380. The molecular weight excluding hydrogens is 404 g/mol.